The first-order valence-corrected chi connectivity index (χ1v) is 15.5. The second kappa shape index (κ2) is 11.4. The molecule has 0 heterocycles. The normalized spacial score (nSPS) is 17.3. The van der Waals surface area contributed by atoms with Crippen LogP contribution in [0.5, 0.6) is 0 Å². The van der Waals surface area contributed by atoms with Crippen molar-refractivity contribution in [3.63, 3.8) is 0 Å². The molecule has 0 saturated carbocycles. The van der Waals surface area contributed by atoms with Crippen molar-refractivity contribution in [1.29, 1.82) is 0 Å². The molecule has 2 atom stereocenters. The molecule has 6 aromatic rings. The quantitative estimate of drug-likeness (QED) is 0.202. The molecule has 210 valence electrons. The SMILES string of the molecule is C1=CC2=CC=CC(N(c3ccc(-c4cccc5ccccc45)cc3)c3ccc(-c4cccc5ccccc45)cc3)CC2C=C1. The highest BCUT2D eigenvalue weighted by Gasteiger charge is 2.25. The van der Waals surface area contributed by atoms with Crippen LogP contribution in [-0.4, -0.2) is 6.04 Å². The first kappa shape index (κ1) is 26.2. The highest BCUT2D eigenvalue weighted by molar-refractivity contribution is 5.98. The fourth-order valence-corrected chi connectivity index (χ4v) is 6.91. The fourth-order valence-electron chi connectivity index (χ4n) is 6.91. The third-order valence-corrected chi connectivity index (χ3v) is 9.11. The number of benzene rings is 6. The summed E-state index contributed by atoms with van der Waals surface area (Å²) in [5, 5.41) is 5.10. The van der Waals surface area contributed by atoms with E-state index >= 15 is 0 Å². The van der Waals surface area contributed by atoms with Gasteiger partial charge < -0.3 is 4.90 Å². The van der Waals surface area contributed by atoms with Crippen molar-refractivity contribution in [2.75, 3.05) is 4.90 Å². The van der Waals surface area contributed by atoms with Crippen molar-refractivity contribution in [1.82, 2.24) is 0 Å². The van der Waals surface area contributed by atoms with Crippen LogP contribution in [0.25, 0.3) is 43.8 Å². The van der Waals surface area contributed by atoms with Gasteiger partial charge in [0.1, 0.15) is 0 Å². The second-order valence-electron chi connectivity index (χ2n) is 11.7. The van der Waals surface area contributed by atoms with Gasteiger partial charge in [-0.25, -0.2) is 0 Å². The number of fused-ring (bicyclic) bond motifs is 3. The third kappa shape index (κ3) is 4.87. The molecule has 0 fully saturated rings. The van der Waals surface area contributed by atoms with Crippen molar-refractivity contribution in [2.45, 2.75) is 12.5 Å². The number of hydrogen-bond donors (Lipinski definition) is 0. The smallest absolute Gasteiger partial charge is 0.0534 e. The van der Waals surface area contributed by atoms with E-state index in [1.54, 1.807) is 0 Å². The molecule has 0 aromatic heterocycles. The second-order valence-corrected chi connectivity index (χ2v) is 11.7. The lowest BCUT2D eigenvalue weighted by molar-refractivity contribution is 0.615. The minimum atomic E-state index is 0.205. The van der Waals surface area contributed by atoms with Crippen LogP contribution in [-0.2, 0) is 0 Å². The van der Waals surface area contributed by atoms with E-state index in [-0.39, 0.29) is 6.04 Å². The van der Waals surface area contributed by atoms with Gasteiger partial charge in [-0.05, 0) is 80.1 Å². The van der Waals surface area contributed by atoms with Crippen LogP contribution in [0.4, 0.5) is 11.4 Å². The van der Waals surface area contributed by atoms with Crippen LogP contribution >= 0.6 is 0 Å². The topological polar surface area (TPSA) is 3.24 Å². The zero-order chi connectivity index (χ0) is 29.3. The fraction of sp³-hybridized carbons (Fsp3) is 0.0698. The maximum Gasteiger partial charge on any atom is 0.0534 e. The molecule has 0 aliphatic heterocycles. The highest BCUT2D eigenvalue weighted by atomic mass is 15.2. The van der Waals surface area contributed by atoms with E-state index in [0.717, 1.165) is 6.42 Å². The molecule has 0 saturated heterocycles. The van der Waals surface area contributed by atoms with Crippen LogP contribution in [0.15, 0.2) is 182 Å². The molecule has 0 bridgehead atoms. The largest absolute Gasteiger partial charge is 0.334 e. The molecular formula is C43H33N. The van der Waals surface area contributed by atoms with Crippen LogP contribution in [0.3, 0.4) is 0 Å². The molecule has 0 N–H and O–H groups in total. The van der Waals surface area contributed by atoms with Gasteiger partial charge in [-0.2, -0.15) is 0 Å². The summed E-state index contributed by atoms with van der Waals surface area (Å²) in [6.45, 7) is 0. The summed E-state index contributed by atoms with van der Waals surface area (Å²) in [5.41, 5.74) is 8.77. The van der Waals surface area contributed by atoms with E-state index in [9.17, 15) is 0 Å². The molecule has 6 aromatic carbocycles. The van der Waals surface area contributed by atoms with Crippen molar-refractivity contribution < 1.29 is 0 Å². The van der Waals surface area contributed by atoms with E-state index in [4.69, 9.17) is 0 Å². The highest BCUT2D eigenvalue weighted by Crippen LogP contribution is 2.38. The zero-order valence-electron chi connectivity index (χ0n) is 24.6. The predicted molar refractivity (Wildman–Crippen MR) is 188 cm³/mol. The van der Waals surface area contributed by atoms with Crippen LogP contribution < -0.4 is 4.90 Å². The Hall–Kier alpha value is -5.40. The predicted octanol–water partition coefficient (Wildman–Crippen LogP) is 11.5. The minimum absolute atomic E-state index is 0.205. The standard InChI is InChI=1S/C43H33N/c1-2-13-36-30-39(17-7-14-31(36)10-1)44(37-26-22-34(23-27-37)42-20-8-15-32-11-3-5-18-40(32)42)38-28-24-35(25-29-38)43-21-9-16-33-12-4-6-19-41(33)43/h1-29,36,39H,30H2. The molecular weight excluding hydrogens is 530 g/mol. The molecule has 2 aliphatic carbocycles. The number of rotatable bonds is 5. The Kier molecular flexibility index (Phi) is 6.77. The zero-order valence-corrected chi connectivity index (χ0v) is 24.6. The van der Waals surface area contributed by atoms with Crippen molar-refractivity contribution in [2.24, 2.45) is 5.92 Å². The molecule has 2 unspecified atom stereocenters. The molecule has 0 amide bonds. The van der Waals surface area contributed by atoms with Crippen molar-refractivity contribution >= 4 is 32.9 Å². The summed E-state index contributed by atoms with van der Waals surface area (Å²) in [6.07, 6.45) is 16.8. The number of nitrogens with zero attached hydrogens (tertiary/aromatic N) is 1. The Morgan fingerprint density at radius 3 is 1.61 bits per heavy atom. The first-order chi connectivity index (χ1) is 21.8. The van der Waals surface area contributed by atoms with E-state index < -0.39 is 0 Å². The summed E-state index contributed by atoms with van der Waals surface area (Å²) in [4.78, 5) is 2.51. The van der Waals surface area contributed by atoms with Gasteiger partial charge in [0.25, 0.3) is 0 Å². The number of allylic oxidation sites excluding steroid dienone is 7. The van der Waals surface area contributed by atoms with Gasteiger partial charge in [-0.15, -0.1) is 0 Å². The summed E-state index contributed by atoms with van der Waals surface area (Å²) >= 11 is 0. The summed E-state index contributed by atoms with van der Waals surface area (Å²) in [5.74, 6) is 0.396. The molecule has 1 nitrogen and oxygen atoms in total. The van der Waals surface area contributed by atoms with Crippen molar-refractivity contribution in [3.8, 4) is 22.3 Å². The molecule has 44 heavy (non-hydrogen) atoms. The molecule has 0 radical (unpaired) electrons. The van der Waals surface area contributed by atoms with Gasteiger partial charge in [0, 0.05) is 17.3 Å². The Bertz CT molecular complexity index is 1960. The maximum absolute atomic E-state index is 2.51. The summed E-state index contributed by atoms with van der Waals surface area (Å²) in [7, 11) is 0. The van der Waals surface area contributed by atoms with Crippen LogP contribution in [0.2, 0.25) is 0 Å². The van der Waals surface area contributed by atoms with Gasteiger partial charge in [0.2, 0.25) is 0 Å². The minimum Gasteiger partial charge on any atom is -0.334 e. The van der Waals surface area contributed by atoms with Gasteiger partial charge >= 0.3 is 0 Å². The average Bonchev–Trinajstić information content (AvgIpc) is 3.31. The van der Waals surface area contributed by atoms with Crippen LogP contribution in [0.1, 0.15) is 6.42 Å². The number of anilines is 2. The number of hydrogen-bond acceptors (Lipinski definition) is 1. The van der Waals surface area contributed by atoms with Crippen molar-refractivity contribution in [3.05, 3.63) is 182 Å². The Morgan fingerprint density at radius 2 is 1.02 bits per heavy atom. The van der Waals surface area contributed by atoms with Gasteiger partial charge in [-0.1, -0.05) is 152 Å². The lowest BCUT2D eigenvalue weighted by Gasteiger charge is -2.34. The van der Waals surface area contributed by atoms with Gasteiger partial charge in [0.05, 0.1) is 6.04 Å². The Morgan fingerprint density at radius 1 is 0.477 bits per heavy atom. The average molecular weight is 564 g/mol. The first-order valence-electron chi connectivity index (χ1n) is 15.5. The monoisotopic (exact) mass is 563 g/mol. The molecule has 0 spiro atoms. The van der Waals surface area contributed by atoms with E-state index in [2.05, 4.69) is 181 Å². The Labute approximate surface area is 259 Å². The summed E-state index contributed by atoms with van der Waals surface area (Å²) in [6, 6.07) is 48.9. The molecule has 8 rings (SSSR count). The molecule has 2 aliphatic rings. The lowest BCUT2D eigenvalue weighted by Crippen LogP contribution is -2.31. The summed E-state index contributed by atoms with van der Waals surface area (Å²) < 4.78 is 0. The maximum atomic E-state index is 2.51. The van der Waals surface area contributed by atoms with E-state index in [1.165, 1.54) is 60.7 Å². The van der Waals surface area contributed by atoms with Gasteiger partial charge in [-0.3, -0.25) is 0 Å². The van der Waals surface area contributed by atoms with Crippen LogP contribution in [0, 0.1) is 5.92 Å². The van der Waals surface area contributed by atoms with E-state index in [0.29, 0.717) is 5.92 Å². The third-order valence-electron chi connectivity index (χ3n) is 9.11. The lowest BCUT2D eigenvalue weighted by atomic mass is 9.89. The molecule has 1 heteroatoms. The van der Waals surface area contributed by atoms with E-state index in [1.807, 2.05) is 0 Å². The van der Waals surface area contributed by atoms with Gasteiger partial charge in [0.15, 0.2) is 0 Å². The Balaban J connectivity index is 1.19.